The smallest absolute Gasteiger partial charge is 0.256 e. The summed E-state index contributed by atoms with van der Waals surface area (Å²) in [6, 6.07) is 12.5. The van der Waals surface area contributed by atoms with Crippen LogP contribution in [0.1, 0.15) is 28.5 Å². The number of carbonyl (C=O) groups excluding carboxylic acids is 1. The zero-order valence-corrected chi connectivity index (χ0v) is 18.1. The Morgan fingerprint density at radius 3 is 2.77 bits per heavy atom. The van der Waals surface area contributed by atoms with Crippen molar-refractivity contribution < 1.29 is 9.53 Å². The molecule has 3 heterocycles. The van der Waals surface area contributed by atoms with Gasteiger partial charge < -0.3 is 10.1 Å². The number of thiophene rings is 1. The van der Waals surface area contributed by atoms with Crippen LogP contribution in [0.3, 0.4) is 0 Å². The lowest BCUT2D eigenvalue weighted by Crippen LogP contribution is -2.22. The number of amides is 1. The van der Waals surface area contributed by atoms with Gasteiger partial charge in [-0.1, -0.05) is 19.1 Å². The average molecular weight is 436 g/mol. The number of nitrogens with zero attached hydrogens (tertiary/aromatic N) is 3. The first-order chi connectivity index (χ1) is 15.0. The molecule has 31 heavy (non-hydrogen) atoms. The Labute approximate surface area is 182 Å². The summed E-state index contributed by atoms with van der Waals surface area (Å²) in [6.45, 7) is 3.69. The molecule has 3 aromatic heterocycles. The van der Waals surface area contributed by atoms with Crippen LogP contribution in [0.4, 0.5) is 5.82 Å². The number of ether oxygens (including phenoxy) is 1. The second-order valence-corrected chi connectivity index (χ2v) is 7.74. The van der Waals surface area contributed by atoms with Gasteiger partial charge in [0.1, 0.15) is 17.3 Å². The van der Waals surface area contributed by atoms with Crippen molar-refractivity contribution in [1.82, 2.24) is 19.7 Å². The fourth-order valence-corrected chi connectivity index (χ4v) is 3.92. The molecule has 0 spiro atoms. The van der Waals surface area contributed by atoms with E-state index in [0.29, 0.717) is 40.5 Å². The molecule has 4 aromatic rings. The van der Waals surface area contributed by atoms with E-state index in [0.717, 1.165) is 4.88 Å². The number of anilines is 1. The average Bonchev–Trinajstić information content (AvgIpc) is 3.43. The van der Waals surface area contributed by atoms with Crippen LogP contribution < -0.4 is 15.6 Å². The highest BCUT2D eigenvalue weighted by Gasteiger charge is 2.18. The van der Waals surface area contributed by atoms with E-state index in [1.165, 1.54) is 16.0 Å². The van der Waals surface area contributed by atoms with Gasteiger partial charge >= 0.3 is 0 Å². The Morgan fingerprint density at radius 1 is 1.26 bits per heavy atom. The van der Waals surface area contributed by atoms with Crippen LogP contribution in [0, 0.1) is 6.92 Å². The van der Waals surface area contributed by atoms with Gasteiger partial charge in [-0.15, -0.1) is 11.3 Å². The molecule has 2 N–H and O–H groups in total. The Morgan fingerprint density at radius 2 is 2.10 bits per heavy atom. The number of rotatable bonds is 6. The molecule has 0 bridgehead atoms. The molecule has 0 aliphatic carbocycles. The van der Waals surface area contributed by atoms with Crippen molar-refractivity contribution in [1.29, 1.82) is 0 Å². The van der Waals surface area contributed by atoms with Gasteiger partial charge in [0, 0.05) is 22.9 Å². The number of hydrogen-bond donors (Lipinski definition) is 2. The summed E-state index contributed by atoms with van der Waals surface area (Å²) in [5.41, 5.74) is 2.12. The first-order valence-corrected chi connectivity index (χ1v) is 10.6. The summed E-state index contributed by atoms with van der Waals surface area (Å²) in [6.07, 6.45) is 0.577. The Balaban J connectivity index is 1.78. The van der Waals surface area contributed by atoms with Gasteiger partial charge in [0.25, 0.3) is 11.5 Å². The Hall–Kier alpha value is -3.72. The molecule has 0 fully saturated rings. The van der Waals surface area contributed by atoms with E-state index in [1.807, 2.05) is 24.4 Å². The molecule has 0 radical (unpaired) electrons. The molecule has 0 unspecified atom stereocenters. The van der Waals surface area contributed by atoms with Crippen LogP contribution in [0.25, 0.3) is 16.5 Å². The molecule has 1 amide bonds. The number of H-pyrrole nitrogens is 1. The van der Waals surface area contributed by atoms with Gasteiger partial charge in [-0.05, 0) is 43.0 Å². The van der Waals surface area contributed by atoms with Gasteiger partial charge in [0.15, 0.2) is 0 Å². The highest BCUT2D eigenvalue weighted by Crippen LogP contribution is 2.27. The topological polar surface area (TPSA) is 102 Å². The minimum Gasteiger partial charge on any atom is -0.497 e. The van der Waals surface area contributed by atoms with Crippen LogP contribution in [0.2, 0.25) is 0 Å². The van der Waals surface area contributed by atoms with Crippen molar-refractivity contribution in [2.45, 2.75) is 20.3 Å². The number of nitrogens with one attached hydrogen (secondary N) is 2. The lowest BCUT2D eigenvalue weighted by atomic mass is 10.2. The van der Waals surface area contributed by atoms with Crippen molar-refractivity contribution in [3.63, 3.8) is 0 Å². The fourth-order valence-electron chi connectivity index (χ4n) is 3.24. The normalized spacial score (nSPS) is 10.8. The summed E-state index contributed by atoms with van der Waals surface area (Å²) in [5, 5.41) is 9.42. The van der Waals surface area contributed by atoms with Gasteiger partial charge in [0.2, 0.25) is 5.95 Å². The zero-order valence-electron chi connectivity index (χ0n) is 17.3. The highest BCUT2D eigenvalue weighted by atomic mass is 32.1. The van der Waals surface area contributed by atoms with Gasteiger partial charge in [-0.2, -0.15) is 9.78 Å². The largest absolute Gasteiger partial charge is 0.497 e. The third kappa shape index (κ3) is 4.13. The number of methoxy groups -OCH3 is 1. The van der Waals surface area contributed by atoms with Crippen molar-refractivity contribution in [2.24, 2.45) is 0 Å². The SMILES string of the molecule is CCc1c(C)nc(-n2nc(-c3cccs3)cc2NC(=O)c2cccc(OC)c2)[nH]c1=O. The van der Waals surface area contributed by atoms with E-state index < -0.39 is 0 Å². The predicted octanol–water partition coefficient (Wildman–Crippen LogP) is 3.82. The number of hydrogen-bond acceptors (Lipinski definition) is 6. The van der Waals surface area contributed by atoms with E-state index in [2.05, 4.69) is 20.4 Å². The van der Waals surface area contributed by atoms with E-state index >= 15 is 0 Å². The lowest BCUT2D eigenvalue weighted by molar-refractivity contribution is 0.102. The third-order valence-electron chi connectivity index (χ3n) is 4.82. The van der Waals surface area contributed by atoms with Crippen molar-refractivity contribution in [2.75, 3.05) is 12.4 Å². The van der Waals surface area contributed by atoms with Crippen LogP contribution in [-0.2, 0) is 6.42 Å². The zero-order chi connectivity index (χ0) is 22.0. The summed E-state index contributed by atoms with van der Waals surface area (Å²) in [7, 11) is 1.55. The van der Waals surface area contributed by atoms with E-state index in [9.17, 15) is 9.59 Å². The maximum atomic E-state index is 12.9. The second-order valence-electron chi connectivity index (χ2n) is 6.80. The Kier molecular flexibility index (Phi) is 5.68. The fraction of sp³-hybridized carbons (Fsp3) is 0.182. The summed E-state index contributed by atoms with van der Waals surface area (Å²) in [5.74, 6) is 0.880. The molecule has 0 atom stereocenters. The maximum Gasteiger partial charge on any atom is 0.256 e. The summed E-state index contributed by atoms with van der Waals surface area (Å²) >= 11 is 1.53. The Bertz CT molecular complexity index is 1290. The van der Waals surface area contributed by atoms with Crippen molar-refractivity contribution in [3.05, 3.63) is 75.0 Å². The number of benzene rings is 1. The second kappa shape index (κ2) is 8.57. The van der Waals surface area contributed by atoms with Crippen LogP contribution in [0.15, 0.2) is 52.6 Å². The third-order valence-corrected chi connectivity index (χ3v) is 5.71. The van der Waals surface area contributed by atoms with Gasteiger partial charge in [0.05, 0.1) is 12.0 Å². The molecule has 8 nitrogen and oxygen atoms in total. The number of aromatic amines is 1. The van der Waals surface area contributed by atoms with Crippen LogP contribution >= 0.6 is 11.3 Å². The first kappa shape index (κ1) is 20.5. The number of carbonyl (C=O) groups is 1. The number of aryl methyl sites for hydroxylation is 1. The van der Waals surface area contributed by atoms with Gasteiger partial charge in [-0.3, -0.25) is 14.6 Å². The minimum atomic E-state index is -0.331. The molecule has 1 aromatic carbocycles. The highest BCUT2D eigenvalue weighted by molar-refractivity contribution is 7.13. The first-order valence-electron chi connectivity index (χ1n) is 9.69. The summed E-state index contributed by atoms with van der Waals surface area (Å²) < 4.78 is 6.65. The molecule has 9 heteroatoms. The maximum absolute atomic E-state index is 12.9. The summed E-state index contributed by atoms with van der Waals surface area (Å²) in [4.78, 5) is 33.6. The van der Waals surface area contributed by atoms with Crippen LogP contribution in [0.5, 0.6) is 5.75 Å². The molecule has 0 saturated heterocycles. The van der Waals surface area contributed by atoms with Crippen molar-refractivity contribution in [3.8, 4) is 22.3 Å². The van der Waals surface area contributed by atoms with Crippen LogP contribution in [-0.4, -0.2) is 32.8 Å². The standard InChI is InChI=1S/C22H21N5O3S/c1-4-16-13(2)23-22(25-21(16)29)27-19(12-17(26-27)18-9-6-10-31-18)24-20(28)14-7-5-8-15(11-14)30-3/h5-12H,4H2,1-3H3,(H,24,28)(H,23,25,29). The quantitative estimate of drug-likeness (QED) is 0.479. The molecule has 4 rings (SSSR count). The number of aromatic nitrogens is 4. The predicted molar refractivity (Wildman–Crippen MR) is 120 cm³/mol. The van der Waals surface area contributed by atoms with E-state index in [4.69, 9.17) is 4.74 Å². The molecule has 0 saturated carbocycles. The minimum absolute atomic E-state index is 0.219. The van der Waals surface area contributed by atoms with E-state index in [1.54, 1.807) is 44.4 Å². The molecule has 158 valence electrons. The van der Waals surface area contributed by atoms with E-state index in [-0.39, 0.29) is 17.4 Å². The van der Waals surface area contributed by atoms with Crippen molar-refractivity contribution >= 4 is 23.1 Å². The molecular formula is C22H21N5O3S. The molecule has 0 aliphatic rings. The van der Waals surface area contributed by atoms with Gasteiger partial charge in [-0.25, -0.2) is 4.98 Å². The molecule has 0 aliphatic heterocycles. The molecular weight excluding hydrogens is 414 g/mol. The lowest BCUT2D eigenvalue weighted by Gasteiger charge is -2.10. The monoisotopic (exact) mass is 435 g/mol.